The Kier molecular flexibility index (Phi) is 3.98. The van der Waals surface area contributed by atoms with Crippen molar-refractivity contribution < 1.29 is 24.5 Å². The van der Waals surface area contributed by atoms with Crippen LogP contribution < -0.4 is 0 Å². The molecule has 1 amide bonds. The Labute approximate surface area is 100 Å². The third kappa shape index (κ3) is 3.59. The van der Waals surface area contributed by atoms with Gasteiger partial charge in [-0.2, -0.15) is 0 Å². The predicted octanol–water partition coefficient (Wildman–Crippen LogP) is 0.689. The number of likely N-dealkylation sites (tertiary alicyclic amines) is 1. The summed E-state index contributed by atoms with van der Waals surface area (Å²) in [5, 5.41) is 18.0. The lowest BCUT2D eigenvalue weighted by Gasteiger charge is -2.26. The molecule has 6 nitrogen and oxygen atoms in total. The third-order valence-electron chi connectivity index (χ3n) is 2.56. The summed E-state index contributed by atoms with van der Waals surface area (Å²) in [4.78, 5) is 24.0. The summed E-state index contributed by atoms with van der Waals surface area (Å²) in [5.74, 6) is -1.25. The summed E-state index contributed by atoms with van der Waals surface area (Å²) in [5.41, 5.74) is -0.655. The minimum Gasteiger partial charge on any atom is -0.480 e. The first-order chi connectivity index (χ1) is 7.74. The van der Waals surface area contributed by atoms with Gasteiger partial charge in [-0.15, -0.1) is 0 Å². The molecule has 0 aromatic rings. The Bertz CT molecular complexity index is 309. The molecule has 1 aliphatic rings. The van der Waals surface area contributed by atoms with Gasteiger partial charge in [-0.1, -0.05) is 0 Å². The van der Waals surface area contributed by atoms with Crippen molar-refractivity contribution in [3.05, 3.63) is 0 Å². The van der Waals surface area contributed by atoms with E-state index in [1.54, 1.807) is 20.8 Å². The van der Waals surface area contributed by atoms with Gasteiger partial charge in [0, 0.05) is 19.1 Å². The van der Waals surface area contributed by atoms with E-state index in [1.807, 2.05) is 0 Å². The van der Waals surface area contributed by atoms with Gasteiger partial charge in [0.1, 0.15) is 11.6 Å². The van der Waals surface area contributed by atoms with Crippen LogP contribution in [0.15, 0.2) is 0 Å². The number of carbonyl (C=O) groups is 2. The zero-order chi connectivity index (χ0) is 13.2. The molecule has 0 aliphatic carbocycles. The van der Waals surface area contributed by atoms with Crippen molar-refractivity contribution in [2.45, 2.75) is 38.8 Å². The van der Waals surface area contributed by atoms with Crippen LogP contribution in [0.4, 0.5) is 4.79 Å². The fourth-order valence-corrected chi connectivity index (χ4v) is 1.81. The standard InChI is InChI=1S/C11H19NO5/c1-11(2,3)17-10(16)12-5-7(6-13)4-8(12)9(14)15/h7-8,13H,4-6H2,1-3H3,(H,14,15)/t7-,8-/m1/s1. The Morgan fingerprint density at radius 3 is 2.41 bits per heavy atom. The van der Waals surface area contributed by atoms with Crippen LogP contribution >= 0.6 is 0 Å². The van der Waals surface area contributed by atoms with Crippen molar-refractivity contribution in [1.29, 1.82) is 0 Å². The number of hydrogen-bond donors (Lipinski definition) is 2. The van der Waals surface area contributed by atoms with Crippen molar-refractivity contribution >= 4 is 12.1 Å². The van der Waals surface area contributed by atoms with Crippen molar-refractivity contribution in [2.24, 2.45) is 5.92 Å². The lowest BCUT2D eigenvalue weighted by Crippen LogP contribution is -2.43. The molecule has 6 heteroatoms. The second kappa shape index (κ2) is 4.91. The summed E-state index contributed by atoms with van der Waals surface area (Å²) in [7, 11) is 0. The smallest absolute Gasteiger partial charge is 0.411 e. The van der Waals surface area contributed by atoms with Gasteiger partial charge in [0.2, 0.25) is 0 Å². The van der Waals surface area contributed by atoms with Gasteiger partial charge >= 0.3 is 12.1 Å². The van der Waals surface area contributed by atoms with E-state index in [4.69, 9.17) is 14.9 Å². The third-order valence-corrected chi connectivity index (χ3v) is 2.56. The second-order valence-corrected chi connectivity index (χ2v) is 5.27. The van der Waals surface area contributed by atoms with Crippen LogP contribution in [0.1, 0.15) is 27.2 Å². The summed E-state index contributed by atoms with van der Waals surface area (Å²) >= 11 is 0. The van der Waals surface area contributed by atoms with Gasteiger partial charge in [-0.05, 0) is 27.2 Å². The SMILES string of the molecule is CC(C)(C)OC(=O)N1C[C@H](CO)C[C@@H]1C(=O)O. The monoisotopic (exact) mass is 245 g/mol. The van der Waals surface area contributed by atoms with Crippen LogP contribution in [0.25, 0.3) is 0 Å². The number of carboxylic acids is 1. The molecule has 0 radical (unpaired) electrons. The lowest BCUT2D eigenvalue weighted by molar-refractivity contribution is -0.142. The van der Waals surface area contributed by atoms with E-state index in [9.17, 15) is 9.59 Å². The first kappa shape index (κ1) is 13.8. The molecule has 0 aromatic heterocycles. The van der Waals surface area contributed by atoms with Gasteiger partial charge in [-0.3, -0.25) is 4.90 Å². The van der Waals surface area contributed by atoms with Gasteiger partial charge in [0.15, 0.2) is 0 Å². The van der Waals surface area contributed by atoms with Crippen molar-refractivity contribution in [3.63, 3.8) is 0 Å². The zero-order valence-electron chi connectivity index (χ0n) is 10.3. The molecule has 0 aromatic carbocycles. The Morgan fingerprint density at radius 1 is 1.41 bits per heavy atom. The highest BCUT2D eigenvalue weighted by atomic mass is 16.6. The maximum absolute atomic E-state index is 11.8. The zero-order valence-corrected chi connectivity index (χ0v) is 10.3. The van der Waals surface area contributed by atoms with Crippen LogP contribution in [0, 0.1) is 5.92 Å². The van der Waals surface area contributed by atoms with E-state index < -0.39 is 23.7 Å². The first-order valence-electron chi connectivity index (χ1n) is 5.58. The van der Waals surface area contributed by atoms with Crippen molar-refractivity contribution in [2.75, 3.05) is 13.2 Å². The molecular formula is C11H19NO5. The topological polar surface area (TPSA) is 87.1 Å². The van der Waals surface area contributed by atoms with Gasteiger partial charge in [0.05, 0.1) is 0 Å². The number of rotatable bonds is 2. The summed E-state index contributed by atoms with van der Waals surface area (Å²) in [6, 6.07) is -0.901. The van der Waals surface area contributed by atoms with Gasteiger partial charge in [0.25, 0.3) is 0 Å². The molecule has 1 heterocycles. The molecule has 0 unspecified atom stereocenters. The molecule has 0 saturated carbocycles. The summed E-state index contributed by atoms with van der Waals surface area (Å²) in [6.07, 6.45) is -0.369. The molecule has 1 aliphatic heterocycles. The number of nitrogens with zero attached hydrogens (tertiary/aromatic N) is 1. The summed E-state index contributed by atoms with van der Waals surface area (Å²) in [6.45, 7) is 5.27. The van der Waals surface area contributed by atoms with Crippen LogP contribution in [0.2, 0.25) is 0 Å². The number of hydrogen-bond acceptors (Lipinski definition) is 4. The quantitative estimate of drug-likeness (QED) is 0.747. The number of ether oxygens (including phenoxy) is 1. The average Bonchev–Trinajstić information content (AvgIpc) is 2.58. The Morgan fingerprint density at radius 2 is 2.00 bits per heavy atom. The highest BCUT2D eigenvalue weighted by Crippen LogP contribution is 2.25. The minimum atomic E-state index is -1.06. The fourth-order valence-electron chi connectivity index (χ4n) is 1.81. The van der Waals surface area contributed by atoms with Crippen molar-refractivity contribution in [1.82, 2.24) is 4.90 Å². The molecule has 1 rings (SSSR count). The summed E-state index contributed by atoms with van der Waals surface area (Å²) < 4.78 is 5.14. The van der Waals surface area contributed by atoms with Crippen LogP contribution in [-0.4, -0.2) is 52.0 Å². The van der Waals surface area contributed by atoms with E-state index in [0.29, 0.717) is 0 Å². The molecule has 98 valence electrons. The number of aliphatic hydroxyl groups excluding tert-OH is 1. The number of amides is 1. The molecule has 0 bridgehead atoms. The first-order valence-corrected chi connectivity index (χ1v) is 5.58. The molecule has 2 N–H and O–H groups in total. The van der Waals surface area contributed by atoms with E-state index in [0.717, 1.165) is 0 Å². The van der Waals surface area contributed by atoms with Crippen LogP contribution in [0.3, 0.4) is 0 Å². The van der Waals surface area contributed by atoms with Crippen LogP contribution in [-0.2, 0) is 9.53 Å². The Balaban J connectivity index is 2.73. The van der Waals surface area contributed by atoms with E-state index in [1.165, 1.54) is 4.90 Å². The average molecular weight is 245 g/mol. The largest absolute Gasteiger partial charge is 0.480 e. The predicted molar refractivity (Wildman–Crippen MR) is 59.6 cm³/mol. The van der Waals surface area contributed by atoms with E-state index in [2.05, 4.69) is 0 Å². The molecule has 1 saturated heterocycles. The molecule has 1 fully saturated rings. The van der Waals surface area contributed by atoms with E-state index in [-0.39, 0.29) is 25.5 Å². The van der Waals surface area contributed by atoms with E-state index >= 15 is 0 Å². The number of carbonyl (C=O) groups excluding carboxylic acids is 1. The van der Waals surface area contributed by atoms with Crippen LogP contribution in [0.5, 0.6) is 0 Å². The highest BCUT2D eigenvalue weighted by molar-refractivity contribution is 5.80. The maximum Gasteiger partial charge on any atom is 0.411 e. The highest BCUT2D eigenvalue weighted by Gasteiger charge is 2.41. The molecule has 2 atom stereocenters. The number of aliphatic carboxylic acids is 1. The van der Waals surface area contributed by atoms with Crippen molar-refractivity contribution in [3.8, 4) is 0 Å². The molecule has 0 spiro atoms. The molecule has 17 heavy (non-hydrogen) atoms. The maximum atomic E-state index is 11.8. The Hall–Kier alpha value is -1.30. The minimum absolute atomic E-state index is 0.122. The second-order valence-electron chi connectivity index (χ2n) is 5.27. The number of aliphatic hydroxyl groups is 1. The molecular weight excluding hydrogens is 226 g/mol. The van der Waals surface area contributed by atoms with Gasteiger partial charge in [-0.25, -0.2) is 9.59 Å². The van der Waals surface area contributed by atoms with Gasteiger partial charge < -0.3 is 14.9 Å². The fraction of sp³-hybridized carbons (Fsp3) is 0.818. The number of carboxylic acid groups (broad SMARTS) is 1. The lowest BCUT2D eigenvalue weighted by atomic mass is 10.1. The normalized spacial score (nSPS) is 24.8.